The Bertz CT molecular complexity index is 1280. The van der Waals surface area contributed by atoms with E-state index in [0.717, 1.165) is 16.7 Å². The lowest BCUT2D eigenvalue weighted by Gasteiger charge is -2.12. The van der Waals surface area contributed by atoms with Gasteiger partial charge in [-0.3, -0.25) is 19.3 Å². The van der Waals surface area contributed by atoms with Crippen LogP contribution in [0.2, 0.25) is 0 Å². The Morgan fingerprint density at radius 1 is 1.06 bits per heavy atom. The number of carbonyl (C=O) groups excluding carboxylic acids is 3. The van der Waals surface area contributed by atoms with E-state index in [0.29, 0.717) is 22.2 Å². The molecule has 1 aromatic heterocycles. The summed E-state index contributed by atoms with van der Waals surface area (Å²) in [7, 11) is 0. The van der Waals surface area contributed by atoms with Crippen molar-refractivity contribution >= 4 is 51.5 Å². The Balaban J connectivity index is 1.38. The number of fused-ring (bicyclic) bond motifs is 1. The highest BCUT2D eigenvalue weighted by Crippen LogP contribution is 2.32. The maximum absolute atomic E-state index is 13.0. The summed E-state index contributed by atoms with van der Waals surface area (Å²) in [6.45, 7) is -0.0697. The normalized spacial score (nSPS) is 15.1. The molecule has 3 aromatic rings. The third-order valence-electron chi connectivity index (χ3n) is 4.51. The van der Waals surface area contributed by atoms with Gasteiger partial charge in [-0.2, -0.15) is 0 Å². The second kappa shape index (κ2) is 8.57. The zero-order chi connectivity index (χ0) is 22.0. The number of anilines is 1. The van der Waals surface area contributed by atoms with Gasteiger partial charge in [-0.25, -0.2) is 9.18 Å². The molecule has 3 amide bonds. The Morgan fingerprint density at radius 3 is 2.61 bits per heavy atom. The SMILES string of the molecule is O=C(CCN1C(=O)SC(=Cc2ccc(F)cc2)C1=O)Nc1ccc2oc(=O)ccc2c1. The van der Waals surface area contributed by atoms with Gasteiger partial charge in [0.1, 0.15) is 11.4 Å². The molecule has 0 atom stereocenters. The standard InChI is InChI=1S/C22H15FN2O5S/c23-15-4-1-13(2-5-15)11-18-21(28)25(22(29)31-18)10-9-19(26)24-16-6-7-17-14(12-16)3-8-20(27)30-17/h1-8,11-12H,9-10H2,(H,24,26). The first kappa shape index (κ1) is 20.5. The summed E-state index contributed by atoms with van der Waals surface area (Å²) < 4.78 is 18.1. The number of thioether (sulfide) groups is 1. The number of benzene rings is 2. The molecule has 0 aliphatic carbocycles. The van der Waals surface area contributed by atoms with Gasteiger partial charge in [-0.15, -0.1) is 0 Å². The molecule has 1 fully saturated rings. The van der Waals surface area contributed by atoms with E-state index in [1.165, 1.54) is 36.4 Å². The fourth-order valence-corrected chi connectivity index (χ4v) is 3.85. The average molecular weight is 438 g/mol. The minimum atomic E-state index is -0.493. The van der Waals surface area contributed by atoms with Gasteiger partial charge in [-0.1, -0.05) is 12.1 Å². The highest BCUT2D eigenvalue weighted by atomic mass is 32.2. The number of carbonyl (C=O) groups is 3. The number of nitrogens with one attached hydrogen (secondary N) is 1. The predicted molar refractivity (Wildman–Crippen MR) is 115 cm³/mol. The largest absolute Gasteiger partial charge is 0.423 e. The van der Waals surface area contributed by atoms with E-state index in [9.17, 15) is 23.6 Å². The molecule has 0 saturated carbocycles. The summed E-state index contributed by atoms with van der Waals surface area (Å²) in [5.41, 5.74) is 1.03. The van der Waals surface area contributed by atoms with Crippen molar-refractivity contribution in [2.24, 2.45) is 0 Å². The van der Waals surface area contributed by atoms with Crippen LogP contribution >= 0.6 is 11.8 Å². The number of imide groups is 1. The number of amides is 3. The second-order valence-corrected chi connectivity index (χ2v) is 7.68. The Morgan fingerprint density at radius 2 is 1.84 bits per heavy atom. The van der Waals surface area contributed by atoms with Gasteiger partial charge in [0, 0.05) is 30.1 Å². The third kappa shape index (κ3) is 4.72. The predicted octanol–water partition coefficient (Wildman–Crippen LogP) is 4.00. The molecule has 2 heterocycles. The zero-order valence-electron chi connectivity index (χ0n) is 16.0. The van der Waals surface area contributed by atoms with Crippen LogP contribution in [-0.4, -0.2) is 28.5 Å². The van der Waals surface area contributed by atoms with E-state index >= 15 is 0 Å². The molecule has 0 spiro atoms. The number of nitrogens with zero attached hydrogens (tertiary/aromatic N) is 1. The lowest BCUT2D eigenvalue weighted by molar-refractivity contribution is -0.123. The van der Waals surface area contributed by atoms with E-state index in [1.54, 1.807) is 24.3 Å². The molecule has 7 nitrogen and oxygen atoms in total. The molecule has 0 bridgehead atoms. The van der Waals surface area contributed by atoms with Gasteiger partial charge in [0.05, 0.1) is 4.91 Å². The lowest BCUT2D eigenvalue weighted by atomic mass is 10.2. The van der Waals surface area contributed by atoms with E-state index in [4.69, 9.17) is 4.42 Å². The maximum Gasteiger partial charge on any atom is 0.336 e. The molecule has 156 valence electrons. The molecule has 0 unspecified atom stereocenters. The van der Waals surface area contributed by atoms with Gasteiger partial charge in [0.15, 0.2) is 0 Å². The maximum atomic E-state index is 13.0. The number of hydrogen-bond acceptors (Lipinski definition) is 6. The monoisotopic (exact) mass is 438 g/mol. The summed E-state index contributed by atoms with van der Waals surface area (Å²) in [5, 5.41) is 2.88. The molecule has 1 aliphatic heterocycles. The summed E-state index contributed by atoms with van der Waals surface area (Å²) in [5.74, 6) is -1.27. The first-order valence-corrected chi connectivity index (χ1v) is 10.1. The molecule has 1 aliphatic rings. The summed E-state index contributed by atoms with van der Waals surface area (Å²) in [6, 6.07) is 13.2. The summed E-state index contributed by atoms with van der Waals surface area (Å²) in [4.78, 5) is 49.4. The van der Waals surface area contributed by atoms with E-state index in [2.05, 4.69) is 5.32 Å². The fraction of sp³-hybridized carbons (Fsp3) is 0.0909. The van der Waals surface area contributed by atoms with Crippen LogP contribution in [0.4, 0.5) is 14.9 Å². The lowest BCUT2D eigenvalue weighted by Crippen LogP contribution is -2.31. The van der Waals surface area contributed by atoms with Crippen LogP contribution in [0, 0.1) is 5.82 Å². The van der Waals surface area contributed by atoms with Gasteiger partial charge < -0.3 is 9.73 Å². The van der Waals surface area contributed by atoms with Crippen LogP contribution in [0.25, 0.3) is 17.0 Å². The highest BCUT2D eigenvalue weighted by molar-refractivity contribution is 8.18. The van der Waals surface area contributed by atoms with Crippen LogP contribution < -0.4 is 10.9 Å². The van der Waals surface area contributed by atoms with E-state index in [1.807, 2.05) is 0 Å². The quantitative estimate of drug-likeness (QED) is 0.478. The molecular formula is C22H15FN2O5S. The van der Waals surface area contributed by atoms with Crippen LogP contribution in [0.5, 0.6) is 0 Å². The molecule has 2 aromatic carbocycles. The van der Waals surface area contributed by atoms with Crippen molar-refractivity contribution in [1.29, 1.82) is 0 Å². The molecule has 9 heteroatoms. The smallest absolute Gasteiger partial charge is 0.336 e. The van der Waals surface area contributed by atoms with Crippen molar-refractivity contribution in [3.63, 3.8) is 0 Å². The number of hydrogen-bond donors (Lipinski definition) is 1. The fourth-order valence-electron chi connectivity index (χ4n) is 2.99. The third-order valence-corrected chi connectivity index (χ3v) is 5.41. The van der Waals surface area contributed by atoms with Crippen LogP contribution in [-0.2, 0) is 9.59 Å². The van der Waals surface area contributed by atoms with Crippen molar-refractivity contribution in [3.8, 4) is 0 Å². The zero-order valence-corrected chi connectivity index (χ0v) is 16.8. The molecule has 1 N–H and O–H groups in total. The van der Waals surface area contributed by atoms with Gasteiger partial charge in [-0.05, 0) is 59.8 Å². The molecule has 4 rings (SSSR count). The van der Waals surface area contributed by atoms with Gasteiger partial charge in [0.25, 0.3) is 11.1 Å². The topological polar surface area (TPSA) is 96.7 Å². The first-order valence-electron chi connectivity index (χ1n) is 9.24. The Hall–Kier alpha value is -3.72. The first-order chi connectivity index (χ1) is 14.9. The Kier molecular flexibility index (Phi) is 5.68. The van der Waals surface area contributed by atoms with E-state index in [-0.39, 0.29) is 23.8 Å². The van der Waals surface area contributed by atoms with Crippen molar-refractivity contribution in [2.45, 2.75) is 6.42 Å². The highest BCUT2D eigenvalue weighted by Gasteiger charge is 2.35. The van der Waals surface area contributed by atoms with E-state index < -0.39 is 22.6 Å². The minimum absolute atomic E-state index is 0.0697. The summed E-state index contributed by atoms with van der Waals surface area (Å²) in [6.07, 6.45) is 1.43. The average Bonchev–Trinajstić information content (AvgIpc) is 3.01. The molecule has 1 saturated heterocycles. The van der Waals surface area contributed by atoms with Crippen molar-refractivity contribution < 1.29 is 23.2 Å². The van der Waals surface area contributed by atoms with Crippen molar-refractivity contribution in [1.82, 2.24) is 4.90 Å². The summed E-state index contributed by atoms with van der Waals surface area (Å²) >= 11 is 0.776. The van der Waals surface area contributed by atoms with Crippen LogP contribution in [0.15, 0.2) is 68.7 Å². The number of rotatable bonds is 5. The molecular weight excluding hydrogens is 423 g/mol. The van der Waals surface area contributed by atoms with Crippen molar-refractivity contribution in [2.75, 3.05) is 11.9 Å². The van der Waals surface area contributed by atoms with Crippen LogP contribution in [0.1, 0.15) is 12.0 Å². The van der Waals surface area contributed by atoms with Crippen LogP contribution in [0.3, 0.4) is 0 Å². The van der Waals surface area contributed by atoms with Crippen molar-refractivity contribution in [3.05, 3.63) is 81.3 Å². The minimum Gasteiger partial charge on any atom is -0.423 e. The van der Waals surface area contributed by atoms with Gasteiger partial charge >= 0.3 is 5.63 Å². The molecule has 0 radical (unpaired) electrons. The Labute approximate surface area is 179 Å². The van der Waals surface area contributed by atoms with Gasteiger partial charge in [0.2, 0.25) is 5.91 Å². The second-order valence-electron chi connectivity index (χ2n) is 6.69. The molecule has 31 heavy (non-hydrogen) atoms. The number of halogens is 1.